The standard InChI is InChI=1S/C18H24N6O2/c19-18(26)21-16(11-14-5-2-1-3-6-14)17(25)23-9-4-7-15(12-23)13-24-10-8-20-22-24/h1-3,5-6,8,10,15-16H,4,7,9,11-13H2,(H3,19,21,26). The number of aromatic nitrogens is 3. The molecule has 1 fully saturated rings. The largest absolute Gasteiger partial charge is 0.352 e. The minimum absolute atomic E-state index is 0.0871. The van der Waals surface area contributed by atoms with Gasteiger partial charge in [-0.2, -0.15) is 0 Å². The normalized spacial score (nSPS) is 18.3. The van der Waals surface area contributed by atoms with Gasteiger partial charge in [0.15, 0.2) is 0 Å². The van der Waals surface area contributed by atoms with Crippen LogP contribution in [0.4, 0.5) is 4.79 Å². The van der Waals surface area contributed by atoms with Gasteiger partial charge in [-0.1, -0.05) is 35.5 Å². The fourth-order valence-electron chi connectivity index (χ4n) is 3.45. The fraction of sp³-hybridized carbons (Fsp3) is 0.444. The maximum absolute atomic E-state index is 13.0. The number of nitrogens with zero attached hydrogens (tertiary/aromatic N) is 4. The molecule has 2 unspecified atom stereocenters. The monoisotopic (exact) mass is 356 g/mol. The maximum atomic E-state index is 13.0. The molecule has 2 atom stereocenters. The molecule has 3 N–H and O–H groups in total. The Morgan fingerprint density at radius 3 is 2.81 bits per heavy atom. The topological polar surface area (TPSA) is 106 Å². The number of piperidine rings is 1. The molecule has 0 saturated carbocycles. The second kappa shape index (κ2) is 8.46. The van der Waals surface area contributed by atoms with Gasteiger partial charge in [0.25, 0.3) is 0 Å². The summed E-state index contributed by atoms with van der Waals surface area (Å²) in [4.78, 5) is 26.2. The van der Waals surface area contributed by atoms with E-state index in [1.54, 1.807) is 10.9 Å². The number of carbonyl (C=O) groups is 2. The minimum atomic E-state index is -0.685. The Bertz CT molecular complexity index is 719. The van der Waals surface area contributed by atoms with E-state index in [4.69, 9.17) is 5.73 Å². The van der Waals surface area contributed by atoms with Crippen molar-refractivity contribution in [3.63, 3.8) is 0 Å². The van der Waals surface area contributed by atoms with E-state index in [1.165, 1.54) is 0 Å². The SMILES string of the molecule is NC(=O)NC(Cc1ccccc1)C(=O)N1CCCC(Cn2ccnn2)C1. The van der Waals surface area contributed by atoms with Crippen molar-refractivity contribution in [1.29, 1.82) is 0 Å². The van der Waals surface area contributed by atoms with Gasteiger partial charge >= 0.3 is 6.03 Å². The van der Waals surface area contributed by atoms with Crippen LogP contribution in [0.1, 0.15) is 18.4 Å². The zero-order valence-corrected chi connectivity index (χ0v) is 14.6. The van der Waals surface area contributed by atoms with E-state index >= 15 is 0 Å². The van der Waals surface area contributed by atoms with Crippen molar-refractivity contribution in [1.82, 2.24) is 25.2 Å². The highest BCUT2D eigenvalue weighted by atomic mass is 16.2. The van der Waals surface area contributed by atoms with Gasteiger partial charge in [-0.3, -0.25) is 9.48 Å². The van der Waals surface area contributed by atoms with Crippen molar-refractivity contribution in [2.75, 3.05) is 13.1 Å². The molecule has 0 aliphatic carbocycles. The predicted molar refractivity (Wildman–Crippen MR) is 96.0 cm³/mol. The van der Waals surface area contributed by atoms with Crippen molar-refractivity contribution in [2.24, 2.45) is 11.7 Å². The molecule has 138 valence electrons. The number of nitrogens with one attached hydrogen (secondary N) is 1. The molecule has 1 aliphatic heterocycles. The summed E-state index contributed by atoms with van der Waals surface area (Å²) in [5, 5.41) is 10.4. The molecule has 3 amide bonds. The van der Waals surface area contributed by atoms with Gasteiger partial charge in [0.05, 0.1) is 6.20 Å². The van der Waals surface area contributed by atoms with Crippen molar-refractivity contribution >= 4 is 11.9 Å². The number of rotatable bonds is 6. The maximum Gasteiger partial charge on any atom is 0.312 e. The summed E-state index contributed by atoms with van der Waals surface area (Å²) in [5.41, 5.74) is 6.27. The van der Waals surface area contributed by atoms with Crippen LogP contribution in [-0.2, 0) is 17.8 Å². The summed E-state index contributed by atoms with van der Waals surface area (Å²) < 4.78 is 1.79. The van der Waals surface area contributed by atoms with Crippen molar-refractivity contribution in [2.45, 2.75) is 31.8 Å². The molecule has 3 rings (SSSR count). The molecule has 0 radical (unpaired) electrons. The second-order valence-electron chi connectivity index (χ2n) is 6.67. The first-order chi connectivity index (χ1) is 12.6. The van der Waals surface area contributed by atoms with E-state index in [2.05, 4.69) is 15.6 Å². The third kappa shape index (κ3) is 4.81. The van der Waals surface area contributed by atoms with E-state index in [9.17, 15) is 9.59 Å². The third-order valence-electron chi connectivity index (χ3n) is 4.65. The highest BCUT2D eigenvalue weighted by molar-refractivity contribution is 5.87. The molecule has 0 bridgehead atoms. The number of hydrogen-bond acceptors (Lipinski definition) is 4. The van der Waals surface area contributed by atoms with Crippen molar-refractivity contribution in [3.8, 4) is 0 Å². The Kier molecular flexibility index (Phi) is 5.83. The molecule has 1 aromatic heterocycles. The van der Waals surface area contributed by atoms with E-state index in [0.29, 0.717) is 25.4 Å². The Balaban J connectivity index is 1.65. The van der Waals surface area contributed by atoms with Gasteiger partial charge in [-0.15, -0.1) is 5.10 Å². The molecule has 0 spiro atoms. The molecule has 2 aromatic rings. The minimum Gasteiger partial charge on any atom is -0.352 e. The molecular formula is C18H24N6O2. The first-order valence-electron chi connectivity index (χ1n) is 8.84. The summed E-state index contributed by atoms with van der Waals surface area (Å²) in [6, 6.07) is 8.28. The van der Waals surface area contributed by atoms with Crippen LogP contribution in [-0.4, -0.2) is 51.0 Å². The van der Waals surface area contributed by atoms with Crippen LogP contribution in [0.2, 0.25) is 0 Å². The molecule has 8 heteroatoms. The highest BCUT2D eigenvalue weighted by Gasteiger charge is 2.30. The molecule has 1 aliphatic rings. The van der Waals surface area contributed by atoms with E-state index in [0.717, 1.165) is 24.9 Å². The Morgan fingerprint density at radius 1 is 1.31 bits per heavy atom. The van der Waals surface area contributed by atoms with Crippen LogP contribution in [0.3, 0.4) is 0 Å². The van der Waals surface area contributed by atoms with Gasteiger partial charge < -0.3 is 16.0 Å². The second-order valence-corrected chi connectivity index (χ2v) is 6.67. The predicted octanol–water partition coefficient (Wildman–Crippen LogP) is 0.796. The van der Waals surface area contributed by atoms with Crippen molar-refractivity contribution < 1.29 is 9.59 Å². The van der Waals surface area contributed by atoms with Crippen LogP contribution in [0.15, 0.2) is 42.7 Å². The lowest BCUT2D eigenvalue weighted by Crippen LogP contribution is -2.53. The van der Waals surface area contributed by atoms with E-state index < -0.39 is 12.1 Å². The molecule has 1 saturated heterocycles. The quantitative estimate of drug-likeness (QED) is 0.798. The summed E-state index contributed by atoms with van der Waals surface area (Å²) in [6.07, 6.45) is 5.87. The van der Waals surface area contributed by atoms with Gasteiger partial charge in [0, 0.05) is 32.3 Å². The number of likely N-dealkylation sites (tertiary alicyclic amines) is 1. The zero-order chi connectivity index (χ0) is 18.4. The average Bonchev–Trinajstić information content (AvgIpc) is 3.14. The number of nitrogens with two attached hydrogens (primary N) is 1. The number of benzene rings is 1. The molecule has 26 heavy (non-hydrogen) atoms. The summed E-state index contributed by atoms with van der Waals surface area (Å²) in [7, 11) is 0. The molecule has 8 nitrogen and oxygen atoms in total. The molecule has 2 heterocycles. The van der Waals surface area contributed by atoms with E-state index in [1.807, 2.05) is 41.4 Å². The van der Waals surface area contributed by atoms with Gasteiger partial charge in [-0.25, -0.2) is 4.79 Å². The van der Waals surface area contributed by atoms with Gasteiger partial charge in [0.2, 0.25) is 5.91 Å². The molecular weight excluding hydrogens is 332 g/mol. The van der Waals surface area contributed by atoms with Crippen LogP contribution >= 0.6 is 0 Å². The smallest absolute Gasteiger partial charge is 0.312 e. The Morgan fingerprint density at radius 2 is 2.12 bits per heavy atom. The first-order valence-corrected chi connectivity index (χ1v) is 8.84. The van der Waals surface area contributed by atoms with Crippen LogP contribution in [0.5, 0.6) is 0 Å². The summed E-state index contributed by atoms with van der Waals surface area (Å²) in [6.45, 7) is 2.07. The Hall–Kier alpha value is -2.90. The molecule has 1 aromatic carbocycles. The van der Waals surface area contributed by atoms with Gasteiger partial charge in [0.1, 0.15) is 6.04 Å². The lowest BCUT2D eigenvalue weighted by atomic mass is 9.96. The lowest BCUT2D eigenvalue weighted by molar-refractivity contribution is -0.135. The third-order valence-corrected chi connectivity index (χ3v) is 4.65. The van der Waals surface area contributed by atoms with Crippen LogP contribution < -0.4 is 11.1 Å². The first kappa shape index (κ1) is 17.9. The number of hydrogen-bond donors (Lipinski definition) is 2. The number of amides is 3. The Labute approximate surface area is 152 Å². The van der Waals surface area contributed by atoms with E-state index in [-0.39, 0.29) is 5.91 Å². The lowest BCUT2D eigenvalue weighted by Gasteiger charge is -2.35. The highest BCUT2D eigenvalue weighted by Crippen LogP contribution is 2.19. The summed E-state index contributed by atoms with van der Waals surface area (Å²) >= 11 is 0. The van der Waals surface area contributed by atoms with Crippen molar-refractivity contribution in [3.05, 3.63) is 48.3 Å². The average molecular weight is 356 g/mol. The number of carbonyl (C=O) groups excluding carboxylic acids is 2. The van der Waals surface area contributed by atoms with Crippen LogP contribution in [0.25, 0.3) is 0 Å². The number of primary amides is 1. The summed E-state index contributed by atoms with van der Waals surface area (Å²) in [5.74, 6) is 0.233. The van der Waals surface area contributed by atoms with Crippen LogP contribution in [0, 0.1) is 5.92 Å². The fourth-order valence-corrected chi connectivity index (χ4v) is 3.45. The van der Waals surface area contributed by atoms with Gasteiger partial charge in [-0.05, 0) is 24.3 Å². The number of urea groups is 1. The zero-order valence-electron chi connectivity index (χ0n) is 14.6.